The lowest BCUT2D eigenvalue weighted by Gasteiger charge is -2.23. The molecule has 2 aromatic carbocycles. The molecule has 2 amide bonds. The Kier molecular flexibility index (Phi) is 8.72. The van der Waals surface area contributed by atoms with Crippen molar-refractivity contribution in [3.05, 3.63) is 53.6 Å². The third kappa shape index (κ3) is 6.90. The molecular weight excluding hydrogens is 438 g/mol. The summed E-state index contributed by atoms with van der Waals surface area (Å²) in [6, 6.07) is 6.03. The van der Waals surface area contributed by atoms with Gasteiger partial charge in [0.25, 0.3) is 11.8 Å². The van der Waals surface area contributed by atoms with Gasteiger partial charge in [-0.25, -0.2) is 13.6 Å². The molecule has 0 aliphatic carbocycles. The van der Waals surface area contributed by atoms with E-state index >= 15 is 0 Å². The van der Waals surface area contributed by atoms with Crippen LogP contribution in [0.3, 0.4) is 0 Å². The van der Waals surface area contributed by atoms with Crippen molar-refractivity contribution in [1.82, 2.24) is 5.32 Å². The number of carbonyl (C=O) groups excluding carboxylic acids is 3. The van der Waals surface area contributed by atoms with Gasteiger partial charge in [0.1, 0.15) is 29.2 Å². The topological polar surface area (TPSA) is 103 Å². The van der Waals surface area contributed by atoms with E-state index in [9.17, 15) is 23.2 Å². The van der Waals surface area contributed by atoms with Crippen molar-refractivity contribution in [2.75, 3.05) is 19.5 Å². The summed E-state index contributed by atoms with van der Waals surface area (Å²) in [7, 11) is 2.87. The van der Waals surface area contributed by atoms with E-state index in [0.29, 0.717) is 11.5 Å². The van der Waals surface area contributed by atoms with Gasteiger partial charge in [-0.15, -0.1) is 0 Å². The smallest absolute Gasteiger partial charge is 0.329 e. The summed E-state index contributed by atoms with van der Waals surface area (Å²) in [6.07, 6.45) is -1.34. The molecule has 2 aromatic rings. The van der Waals surface area contributed by atoms with Crippen molar-refractivity contribution < 1.29 is 37.4 Å². The largest absolute Gasteiger partial charge is 0.497 e. The first-order valence-electron chi connectivity index (χ1n) is 10.1. The Balaban J connectivity index is 2.09. The molecule has 1 unspecified atom stereocenters. The van der Waals surface area contributed by atoms with Crippen LogP contribution < -0.4 is 20.1 Å². The highest BCUT2D eigenvalue weighted by Crippen LogP contribution is 2.23. The quantitative estimate of drug-likeness (QED) is 0.552. The number of hydrogen-bond acceptors (Lipinski definition) is 6. The molecule has 2 rings (SSSR count). The number of esters is 1. The van der Waals surface area contributed by atoms with E-state index in [4.69, 9.17) is 14.2 Å². The van der Waals surface area contributed by atoms with E-state index in [1.54, 1.807) is 19.9 Å². The lowest BCUT2D eigenvalue weighted by molar-refractivity contribution is -0.156. The molecule has 10 heteroatoms. The maximum absolute atomic E-state index is 13.7. The zero-order valence-electron chi connectivity index (χ0n) is 18.9. The van der Waals surface area contributed by atoms with Gasteiger partial charge in [0.2, 0.25) is 0 Å². The number of benzene rings is 2. The molecular formula is C23H26F2N2O6. The molecule has 0 bridgehead atoms. The van der Waals surface area contributed by atoms with E-state index < -0.39 is 41.6 Å². The predicted octanol–water partition coefficient (Wildman–Crippen LogP) is 3.31. The van der Waals surface area contributed by atoms with Crippen LogP contribution in [0.4, 0.5) is 14.5 Å². The molecule has 0 radical (unpaired) electrons. The minimum atomic E-state index is -1.34. The minimum Gasteiger partial charge on any atom is -0.497 e. The highest BCUT2D eigenvalue weighted by molar-refractivity contribution is 5.98. The summed E-state index contributed by atoms with van der Waals surface area (Å²) >= 11 is 0. The first-order valence-corrected chi connectivity index (χ1v) is 10.1. The molecule has 0 aromatic heterocycles. The highest BCUT2D eigenvalue weighted by atomic mass is 19.1. The zero-order valence-corrected chi connectivity index (χ0v) is 18.9. The Morgan fingerprint density at radius 3 is 2.06 bits per heavy atom. The number of hydrogen-bond donors (Lipinski definition) is 2. The van der Waals surface area contributed by atoms with E-state index in [2.05, 4.69) is 10.6 Å². The van der Waals surface area contributed by atoms with Crippen molar-refractivity contribution in [1.29, 1.82) is 0 Å². The molecule has 8 nitrogen and oxygen atoms in total. The third-order valence-electron chi connectivity index (χ3n) is 4.67. The van der Waals surface area contributed by atoms with Gasteiger partial charge in [-0.2, -0.15) is 0 Å². The number of ether oxygens (including phenoxy) is 3. The molecule has 0 aliphatic heterocycles. The molecule has 0 spiro atoms. The summed E-state index contributed by atoms with van der Waals surface area (Å²) in [6.45, 7) is 4.65. The fraction of sp³-hybridized carbons (Fsp3) is 0.348. The molecule has 33 heavy (non-hydrogen) atoms. The number of halogens is 2. The zero-order chi connectivity index (χ0) is 24.7. The summed E-state index contributed by atoms with van der Waals surface area (Å²) in [5, 5.41) is 4.75. The van der Waals surface area contributed by atoms with Crippen molar-refractivity contribution >= 4 is 23.5 Å². The number of anilines is 1. The number of carbonyl (C=O) groups is 3. The van der Waals surface area contributed by atoms with Crippen LogP contribution in [-0.4, -0.2) is 44.1 Å². The number of rotatable bonds is 9. The van der Waals surface area contributed by atoms with Gasteiger partial charge in [-0.05, 0) is 37.1 Å². The molecule has 178 valence electrons. The average Bonchev–Trinajstić information content (AvgIpc) is 2.78. The summed E-state index contributed by atoms with van der Waals surface area (Å²) in [5.74, 6) is -3.50. The van der Waals surface area contributed by atoms with E-state index in [1.165, 1.54) is 33.3 Å². The number of nitrogens with one attached hydrogen (secondary N) is 2. The summed E-state index contributed by atoms with van der Waals surface area (Å²) in [4.78, 5) is 37.7. The average molecular weight is 464 g/mol. The molecule has 0 saturated heterocycles. The maximum atomic E-state index is 13.7. The molecule has 0 heterocycles. The van der Waals surface area contributed by atoms with Crippen LogP contribution in [0.5, 0.6) is 11.5 Å². The standard InChI is InChI=1S/C23H26F2N2O6/c1-12(2)20(27-22(29)14-8-16(31-4)11-17(9-14)32-5)23(30)33-13(3)21(28)26-19-10-15(24)6-7-18(19)25/h6-13,20H,1-5H3,(H,26,28)(H,27,29)/t13?,20-/m0/s1. The van der Waals surface area contributed by atoms with Crippen molar-refractivity contribution in [3.63, 3.8) is 0 Å². The van der Waals surface area contributed by atoms with Crippen molar-refractivity contribution in [2.24, 2.45) is 5.92 Å². The predicted molar refractivity (Wildman–Crippen MR) is 116 cm³/mol. The number of methoxy groups -OCH3 is 2. The van der Waals surface area contributed by atoms with E-state index in [-0.39, 0.29) is 17.2 Å². The fourth-order valence-electron chi connectivity index (χ4n) is 2.79. The lowest BCUT2D eigenvalue weighted by atomic mass is 10.0. The first kappa shape index (κ1) is 25.6. The molecule has 2 N–H and O–H groups in total. The second-order valence-electron chi connectivity index (χ2n) is 7.49. The maximum Gasteiger partial charge on any atom is 0.329 e. The number of amides is 2. The van der Waals surface area contributed by atoms with Gasteiger partial charge in [-0.1, -0.05) is 13.8 Å². The molecule has 0 aliphatic rings. The Morgan fingerprint density at radius 1 is 0.909 bits per heavy atom. The Bertz CT molecular complexity index is 1010. The van der Waals surface area contributed by atoms with E-state index in [1.807, 2.05) is 0 Å². The second kappa shape index (κ2) is 11.3. The second-order valence-corrected chi connectivity index (χ2v) is 7.49. The molecule has 0 saturated carbocycles. The molecule has 0 fully saturated rings. The fourth-order valence-corrected chi connectivity index (χ4v) is 2.79. The molecule has 2 atom stereocenters. The third-order valence-corrected chi connectivity index (χ3v) is 4.67. The summed E-state index contributed by atoms with van der Waals surface area (Å²) < 4.78 is 42.5. The van der Waals surface area contributed by atoms with Gasteiger partial charge in [0.15, 0.2) is 6.10 Å². The Hall–Kier alpha value is -3.69. The van der Waals surface area contributed by atoms with Crippen LogP contribution in [0.2, 0.25) is 0 Å². The van der Waals surface area contributed by atoms with Crippen LogP contribution in [0.15, 0.2) is 36.4 Å². The van der Waals surface area contributed by atoms with Crippen LogP contribution in [0, 0.1) is 17.6 Å². The Morgan fingerprint density at radius 2 is 1.52 bits per heavy atom. The van der Waals surface area contributed by atoms with Gasteiger partial charge in [0.05, 0.1) is 19.9 Å². The SMILES string of the molecule is COc1cc(OC)cc(C(=O)N[C@H](C(=O)OC(C)C(=O)Nc2cc(F)ccc2F)C(C)C)c1. The van der Waals surface area contributed by atoms with Crippen LogP contribution >= 0.6 is 0 Å². The Labute approximate surface area is 190 Å². The summed E-state index contributed by atoms with van der Waals surface area (Å²) in [5.41, 5.74) is -0.194. The van der Waals surface area contributed by atoms with Gasteiger partial charge in [0, 0.05) is 17.7 Å². The first-order chi connectivity index (χ1) is 15.5. The van der Waals surface area contributed by atoms with Crippen molar-refractivity contribution in [3.8, 4) is 11.5 Å². The van der Waals surface area contributed by atoms with Gasteiger partial charge < -0.3 is 24.8 Å². The lowest BCUT2D eigenvalue weighted by Crippen LogP contribution is -2.47. The minimum absolute atomic E-state index is 0.192. The highest BCUT2D eigenvalue weighted by Gasteiger charge is 2.30. The van der Waals surface area contributed by atoms with Crippen LogP contribution in [0.25, 0.3) is 0 Å². The monoisotopic (exact) mass is 464 g/mol. The van der Waals surface area contributed by atoms with Gasteiger partial charge >= 0.3 is 5.97 Å². The normalized spacial score (nSPS) is 12.5. The van der Waals surface area contributed by atoms with E-state index in [0.717, 1.165) is 18.2 Å². The van der Waals surface area contributed by atoms with Crippen LogP contribution in [0.1, 0.15) is 31.1 Å². The van der Waals surface area contributed by atoms with Crippen molar-refractivity contribution in [2.45, 2.75) is 32.9 Å². The van der Waals surface area contributed by atoms with Gasteiger partial charge in [-0.3, -0.25) is 9.59 Å². The van der Waals surface area contributed by atoms with Crippen LogP contribution in [-0.2, 0) is 14.3 Å².